The minimum atomic E-state index is 0.161. The van der Waals surface area contributed by atoms with Crippen LogP contribution in [-0.2, 0) is 6.42 Å². The average molecular weight is 286 g/mol. The zero-order valence-electron chi connectivity index (χ0n) is 12.1. The lowest BCUT2D eigenvalue weighted by Crippen LogP contribution is -2.40. The molecule has 6 N–H and O–H groups in total. The van der Waals surface area contributed by atoms with Crippen LogP contribution in [0, 0.1) is 0 Å². The molecular weight excluding hydrogens is 264 g/mol. The molecule has 0 aromatic heterocycles. The lowest BCUT2D eigenvalue weighted by molar-refractivity contribution is 0.450. The standard InChI is InChI=1S/C15H22N6/c16-9-8-12-4-6-13(7-5-12)19-14(17)20-15(18)21-10-2-1-3-11-21/h1-2,4-7H,3,8-11,16H2,(H4,17,18,19,20). The van der Waals surface area contributed by atoms with Crippen LogP contribution in [-0.4, -0.2) is 36.5 Å². The molecule has 0 saturated carbocycles. The van der Waals surface area contributed by atoms with E-state index in [1.807, 2.05) is 29.2 Å². The summed E-state index contributed by atoms with van der Waals surface area (Å²) >= 11 is 0. The van der Waals surface area contributed by atoms with E-state index in [9.17, 15) is 0 Å². The Kier molecular flexibility index (Phi) is 5.34. The molecule has 1 heterocycles. The molecule has 6 nitrogen and oxygen atoms in total. The van der Waals surface area contributed by atoms with E-state index in [2.05, 4.69) is 22.1 Å². The molecule has 0 fully saturated rings. The molecule has 0 spiro atoms. The molecule has 0 radical (unpaired) electrons. The molecule has 2 rings (SSSR count). The summed E-state index contributed by atoms with van der Waals surface area (Å²) in [5, 5.41) is 0. The first-order valence-corrected chi connectivity index (χ1v) is 7.06. The third-order valence-corrected chi connectivity index (χ3v) is 3.22. The Morgan fingerprint density at radius 2 is 1.90 bits per heavy atom. The number of rotatable bonds is 3. The smallest absolute Gasteiger partial charge is 0.223 e. The van der Waals surface area contributed by atoms with Gasteiger partial charge in [0.1, 0.15) is 0 Å². The largest absolute Gasteiger partial charge is 0.369 e. The van der Waals surface area contributed by atoms with Gasteiger partial charge in [-0.3, -0.25) is 0 Å². The molecule has 1 aromatic rings. The monoisotopic (exact) mass is 286 g/mol. The Morgan fingerprint density at radius 3 is 2.52 bits per heavy atom. The van der Waals surface area contributed by atoms with E-state index in [0.29, 0.717) is 12.5 Å². The normalized spacial score (nSPS) is 16.3. The van der Waals surface area contributed by atoms with Crippen LogP contribution in [0.2, 0.25) is 0 Å². The Balaban J connectivity index is 2.03. The van der Waals surface area contributed by atoms with Crippen LogP contribution in [0.5, 0.6) is 0 Å². The highest BCUT2D eigenvalue weighted by atomic mass is 15.3. The van der Waals surface area contributed by atoms with E-state index in [-0.39, 0.29) is 5.96 Å². The molecule has 0 aliphatic carbocycles. The maximum Gasteiger partial charge on any atom is 0.223 e. The summed E-state index contributed by atoms with van der Waals surface area (Å²) in [5.41, 5.74) is 19.2. The Bertz CT molecular complexity index is 544. The highest BCUT2D eigenvalue weighted by Crippen LogP contribution is 2.13. The molecule has 0 unspecified atom stereocenters. The number of hydrogen-bond acceptors (Lipinski definition) is 2. The maximum atomic E-state index is 5.93. The highest BCUT2D eigenvalue weighted by molar-refractivity contribution is 5.94. The summed E-state index contributed by atoms with van der Waals surface area (Å²) in [6, 6.07) is 7.77. The molecule has 0 amide bonds. The van der Waals surface area contributed by atoms with E-state index in [1.165, 1.54) is 5.56 Å². The van der Waals surface area contributed by atoms with Crippen molar-refractivity contribution in [2.45, 2.75) is 12.8 Å². The van der Waals surface area contributed by atoms with Gasteiger partial charge in [-0.05, 0) is 37.1 Å². The van der Waals surface area contributed by atoms with Gasteiger partial charge in [0.2, 0.25) is 5.96 Å². The second-order valence-corrected chi connectivity index (χ2v) is 4.85. The molecular formula is C15H22N6. The van der Waals surface area contributed by atoms with Crippen LogP contribution in [0.25, 0.3) is 0 Å². The van der Waals surface area contributed by atoms with Gasteiger partial charge >= 0.3 is 0 Å². The Labute approximate surface area is 125 Å². The molecule has 1 aromatic carbocycles. The SMILES string of the molecule is NCCc1ccc(N=C(N)N=C(N)N2CC=CCC2)cc1. The van der Waals surface area contributed by atoms with Crippen molar-refractivity contribution in [3.63, 3.8) is 0 Å². The molecule has 21 heavy (non-hydrogen) atoms. The molecule has 0 atom stereocenters. The van der Waals surface area contributed by atoms with E-state index in [1.54, 1.807) is 0 Å². The summed E-state index contributed by atoms with van der Waals surface area (Å²) in [7, 11) is 0. The van der Waals surface area contributed by atoms with Gasteiger partial charge in [0.15, 0.2) is 5.96 Å². The van der Waals surface area contributed by atoms with Crippen LogP contribution in [0.3, 0.4) is 0 Å². The summed E-state index contributed by atoms with van der Waals surface area (Å²) in [6.45, 7) is 2.25. The molecule has 1 aliphatic rings. The minimum Gasteiger partial charge on any atom is -0.369 e. The second-order valence-electron chi connectivity index (χ2n) is 4.85. The molecule has 6 heteroatoms. The fourth-order valence-electron chi connectivity index (χ4n) is 2.10. The predicted molar refractivity (Wildman–Crippen MR) is 87.4 cm³/mol. The van der Waals surface area contributed by atoms with Crippen molar-refractivity contribution in [2.24, 2.45) is 27.2 Å². The summed E-state index contributed by atoms with van der Waals surface area (Å²) in [5.74, 6) is 0.564. The molecule has 0 saturated heterocycles. The van der Waals surface area contributed by atoms with E-state index < -0.39 is 0 Å². The number of nitrogens with two attached hydrogens (primary N) is 3. The van der Waals surface area contributed by atoms with Crippen molar-refractivity contribution >= 4 is 17.6 Å². The van der Waals surface area contributed by atoms with Gasteiger partial charge in [0, 0.05) is 13.1 Å². The van der Waals surface area contributed by atoms with Crippen molar-refractivity contribution in [2.75, 3.05) is 19.6 Å². The lowest BCUT2D eigenvalue weighted by Gasteiger charge is -2.23. The number of guanidine groups is 2. The van der Waals surface area contributed by atoms with Gasteiger partial charge < -0.3 is 22.1 Å². The number of benzene rings is 1. The fourth-order valence-corrected chi connectivity index (χ4v) is 2.10. The second kappa shape index (κ2) is 7.44. The van der Waals surface area contributed by atoms with Crippen molar-refractivity contribution in [1.82, 2.24) is 4.90 Å². The predicted octanol–water partition coefficient (Wildman–Crippen LogP) is 0.711. The van der Waals surface area contributed by atoms with Crippen molar-refractivity contribution in [3.05, 3.63) is 42.0 Å². The zero-order valence-corrected chi connectivity index (χ0v) is 12.1. The summed E-state index contributed by atoms with van der Waals surface area (Å²) in [4.78, 5) is 10.4. The van der Waals surface area contributed by atoms with Gasteiger partial charge in [0.05, 0.1) is 5.69 Å². The van der Waals surface area contributed by atoms with E-state index in [4.69, 9.17) is 17.2 Å². The van der Waals surface area contributed by atoms with Gasteiger partial charge in [-0.15, -0.1) is 0 Å². The fraction of sp³-hybridized carbons (Fsp3) is 0.333. The van der Waals surface area contributed by atoms with Gasteiger partial charge in [-0.2, -0.15) is 4.99 Å². The van der Waals surface area contributed by atoms with Crippen molar-refractivity contribution < 1.29 is 0 Å². The summed E-state index contributed by atoms with van der Waals surface area (Å²) < 4.78 is 0. The number of nitrogens with zero attached hydrogens (tertiary/aromatic N) is 3. The average Bonchev–Trinajstić information content (AvgIpc) is 2.50. The van der Waals surface area contributed by atoms with Crippen molar-refractivity contribution in [3.8, 4) is 0 Å². The lowest BCUT2D eigenvalue weighted by atomic mass is 10.1. The quantitative estimate of drug-likeness (QED) is 0.432. The Morgan fingerprint density at radius 1 is 1.14 bits per heavy atom. The first kappa shape index (κ1) is 15.1. The molecule has 1 aliphatic heterocycles. The zero-order chi connectivity index (χ0) is 15.1. The maximum absolute atomic E-state index is 5.93. The number of aliphatic imine (C=N–C) groups is 2. The van der Waals surface area contributed by atoms with Crippen LogP contribution in [0.1, 0.15) is 12.0 Å². The van der Waals surface area contributed by atoms with E-state index >= 15 is 0 Å². The first-order valence-electron chi connectivity index (χ1n) is 7.06. The van der Waals surface area contributed by atoms with Gasteiger partial charge in [-0.1, -0.05) is 24.3 Å². The Hall–Kier alpha value is -2.34. The van der Waals surface area contributed by atoms with Crippen LogP contribution >= 0.6 is 0 Å². The van der Waals surface area contributed by atoms with Crippen LogP contribution in [0.15, 0.2) is 46.4 Å². The first-order chi connectivity index (χ1) is 10.2. The topological polar surface area (TPSA) is 106 Å². The summed E-state index contributed by atoms with van der Waals surface area (Å²) in [6.07, 6.45) is 6.02. The molecule has 0 bridgehead atoms. The van der Waals surface area contributed by atoms with Gasteiger partial charge in [0.25, 0.3) is 0 Å². The van der Waals surface area contributed by atoms with Crippen LogP contribution in [0.4, 0.5) is 5.69 Å². The van der Waals surface area contributed by atoms with E-state index in [0.717, 1.165) is 31.6 Å². The third kappa shape index (κ3) is 4.61. The van der Waals surface area contributed by atoms with Gasteiger partial charge in [-0.25, -0.2) is 4.99 Å². The van der Waals surface area contributed by atoms with Crippen molar-refractivity contribution in [1.29, 1.82) is 0 Å². The third-order valence-electron chi connectivity index (χ3n) is 3.22. The number of hydrogen-bond donors (Lipinski definition) is 3. The van der Waals surface area contributed by atoms with Crippen LogP contribution < -0.4 is 17.2 Å². The highest BCUT2D eigenvalue weighted by Gasteiger charge is 2.08. The minimum absolute atomic E-state index is 0.161. The molecule has 112 valence electrons.